The number of fused-ring (bicyclic) bond motifs is 2. The Morgan fingerprint density at radius 2 is 2.06 bits per heavy atom. The van der Waals surface area contributed by atoms with Gasteiger partial charge in [0.05, 0.1) is 4.92 Å². The molecule has 0 amide bonds. The molecule has 2 saturated heterocycles. The summed E-state index contributed by atoms with van der Waals surface area (Å²) in [5, 5.41) is 14.1. The highest BCUT2D eigenvalue weighted by Gasteiger charge is 2.32. The van der Waals surface area contributed by atoms with Crippen LogP contribution in [0.1, 0.15) is 6.42 Å². The molecule has 1 aromatic rings. The highest BCUT2D eigenvalue weighted by atomic mass is 16.6. The van der Waals surface area contributed by atoms with Gasteiger partial charge >= 0.3 is 0 Å². The van der Waals surface area contributed by atoms with Crippen molar-refractivity contribution in [3.8, 4) is 0 Å². The highest BCUT2D eigenvalue weighted by Crippen LogP contribution is 2.27. The van der Waals surface area contributed by atoms with E-state index >= 15 is 0 Å². The first-order valence-electron chi connectivity index (χ1n) is 5.95. The Balaban J connectivity index is 1.78. The summed E-state index contributed by atoms with van der Waals surface area (Å²) in [6.45, 7) is 3.17. The second kappa shape index (κ2) is 4.00. The van der Waals surface area contributed by atoms with Gasteiger partial charge in [0.1, 0.15) is 0 Å². The third-order valence-corrected chi connectivity index (χ3v) is 3.66. The number of anilines is 1. The van der Waals surface area contributed by atoms with E-state index in [-0.39, 0.29) is 10.6 Å². The molecule has 5 nitrogen and oxygen atoms in total. The molecule has 90 valence electrons. The third kappa shape index (κ3) is 1.98. The fraction of sp³-hybridized carbons (Fsp3) is 0.500. The standard InChI is InChI=1S/C12H15N3O2/c16-15(17)12-3-1-11(2-4-12)14-7-9-5-10(8-14)13-6-9/h1-4,9-10,13H,5-8H2. The van der Waals surface area contributed by atoms with E-state index in [4.69, 9.17) is 0 Å². The first-order valence-corrected chi connectivity index (χ1v) is 5.95. The zero-order valence-electron chi connectivity index (χ0n) is 9.50. The Morgan fingerprint density at radius 3 is 2.71 bits per heavy atom. The summed E-state index contributed by atoms with van der Waals surface area (Å²) in [7, 11) is 0. The van der Waals surface area contributed by atoms with E-state index in [0.717, 1.165) is 31.2 Å². The fourth-order valence-corrected chi connectivity index (χ4v) is 2.83. The molecule has 2 atom stereocenters. The fourth-order valence-electron chi connectivity index (χ4n) is 2.83. The number of nitro benzene ring substituents is 1. The number of rotatable bonds is 2. The minimum absolute atomic E-state index is 0.159. The molecule has 2 aliphatic rings. The molecule has 2 unspecified atom stereocenters. The van der Waals surface area contributed by atoms with E-state index in [1.807, 2.05) is 12.1 Å². The van der Waals surface area contributed by atoms with Crippen molar-refractivity contribution in [2.45, 2.75) is 12.5 Å². The van der Waals surface area contributed by atoms with Crippen LogP contribution in [0.4, 0.5) is 11.4 Å². The summed E-state index contributed by atoms with van der Waals surface area (Å²) in [6, 6.07) is 7.45. The number of nitrogens with one attached hydrogen (secondary N) is 1. The summed E-state index contributed by atoms with van der Waals surface area (Å²) >= 11 is 0. The van der Waals surface area contributed by atoms with Crippen LogP contribution in [0.15, 0.2) is 24.3 Å². The first kappa shape index (κ1) is 10.5. The first-order chi connectivity index (χ1) is 8.22. The smallest absolute Gasteiger partial charge is 0.269 e. The van der Waals surface area contributed by atoms with E-state index in [1.54, 1.807) is 12.1 Å². The van der Waals surface area contributed by atoms with Crippen LogP contribution in [-0.4, -0.2) is 30.6 Å². The van der Waals surface area contributed by atoms with Crippen LogP contribution >= 0.6 is 0 Å². The maximum absolute atomic E-state index is 10.6. The monoisotopic (exact) mass is 233 g/mol. The molecule has 0 aromatic heterocycles. The summed E-state index contributed by atoms with van der Waals surface area (Å²) in [6.07, 6.45) is 1.27. The minimum atomic E-state index is -0.356. The lowest BCUT2D eigenvalue weighted by Gasteiger charge is -2.32. The van der Waals surface area contributed by atoms with Crippen LogP contribution in [0.25, 0.3) is 0 Å². The molecule has 3 rings (SSSR count). The van der Waals surface area contributed by atoms with Crippen molar-refractivity contribution in [1.82, 2.24) is 5.32 Å². The normalized spacial score (nSPS) is 27.2. The number of nitrogens with zero attached hydrogens (tertiary/aromatic N) is 2. The molecule has 0 spiro atoms. The van der Waals surface area contributed by atoms with Crippen LogP contribution in [-0.2, 0) is 0 Å². The summed E-state index contributed by atoms with van der Waals surface area (Å²) in [5.41, 5.74) is 1.25. The number of hydrogen-bond donors (Lipinski definition) is 1. The van der Waals surface area contributed by atoms with E-state index in [1.165, 1.54) is 6.42 Å². The number of benzene rings is 1. The third-order valence-electron chi connectivity index (χ3n) is 3.66. The Hall–Kier alpha value is -1.62. The lowest BCUT2D eigenvalue weighted by molar-refractivity contribution is -0.384. The maximum Gasteiger partial charge on any atom is 0.269 e. The van der Waals surface area contributed by atoms with Crippen molar-refractivity contribution in [3.05, 3.63) is 34.4 Å². The van der Waals surface area contributed by atoms with Crippen LogP contribution in [0, 0.1) is 16.0 Å². The molecule has 2 bridgehead atoms. The predicted octanol–water partition coefficient (Wildman–Crippen LogP) is 1.39. The number of non-ortho nitro benzene ring substituents is 1. The van der Waals surface area contributed by atoms with Gasteiger partial charge < -0.3 is 10.2 Å². The summed E-state index contributed by atoms with van der Waals surface area (Å²) < 4.78 is 0. The molecule has 0 aliphatic carbocycles. The average Bonchev–Trinajstić information content (AvgIpc) is 2.68. The topological polar surface area (TPSA) is 58.4 Å². The summed E-state index contributed by atoms with van der Waals surface area (Å²) in [4.78, 5) is 12.6. The Labute approximate surface area is 99.6 Å². The van der Waals surface area contributed by atoms with E-state index in [0.29, 0.717) is 6.04 Å². The van der Waals surface area contributed by atoms with Gasteiger partial charge in [-0.05, 0) is 24.5 Å². The van der Waals surface area contributed by atoms with Gasteiger partial charge in [-0.15, -0.1) is 0 Å². The van der Waals surface area contributed by atoms with Crippen molar-refractivity contribution >= 4 is 11.4 Å². The lowest BCUT2D eigenvalue weighted by atomic mass is 9.99. The Kier molecular flexibility index (Phi) is 2.48. The minimum Gasteiger partial charge on any atom is -0.370 e. The number of hydrogen-bond acceptors (Lipinski definition) is 4. The van der Waals surface area contributed by atoms with Crippen LogP contribution in [0.5, 0.6) is 0 Å². The van der Waals surface area contributed by atoms with Crippen molar-refractivity contribution in [2.24, 2.45) is 5.92 Å². The zero-order chi connectivity index (χ0) is 11.8. The molecule has 2 fully saturated rings. The molecule has 17 heavy (non-hydrogen) atoms. The molecular formula is C12H15N3O2. The molecule has 5 heteroatoms. The average molecular weight is 233 g/mol. The second-order valence-corrected chi connectivity index (χ2v) is 4.89. The van der Waals surface area contributed by atoms with Gasteiger partial charge in [0.15, 0.2) is 0 Å². The molecule has 0 radical (unpaired) electrons. The van der Waals surface area contributed by atoms with Crippen LogP contribution < -0.4 is 10.2 Å². The van der Waals surface area contributed by atoms with Crippen LogP contribution in [0.2, 0.25) is 0 Å². The molecule has 0 saturated carbocycles. The van der Waals surface area contributed by atoms with E-state index in [9.17, 15) is 10.1 Å². The molecule has 2 aliphatic heterocycles. The van der Waals surface area contributed by atoms with Gasteiger partial charge in [-0.1, -0.05) is 0 Å². The van der Waals surface area contributed by atoms with Gasteiger partial charge in [0.25, 0.3) is 5.69 Å². The molecular weight excluding hydrogens is 218 g/mol. The largest absolute Gasteiger partial charge is 0.370 e. The SMILES string of the molecule is O=[N+]([O-])c1ccc(N2CC3CNC(C3)C2)cc1. The van der Waals surface area contributed by atoms with Gasteiger partial charge in [-0.3, -0.25) is 10.1 Å². The number of piperidine rings is 1. The highest BCUT2D eigenvalue weighted by molar-refractivity contribution is 5.51. The quantitative estimate of drug-likeness (QED) is 0.619. The van der Waals surface area contributed by atoms with Crippen molar-refractivity contribution in [2.75, 3.05) is 24.5 Å². The van der Waals surface area contributed by atoms with Crippen molar-refractivity contribution in [1.29, 1.82) is 0 Å². The second-order valence-electron chi connectivity index (χ2n) is 4.89. The molecule has 1 N–H and O–H groups in total. The van der Waals surface area contributed by atoms with Crippen molar-refractivity contribution in [3.63, 3.8) is 0 Å². The van der Waals surface area contributed by atoms with E-state index in [2.05, 4.69) is 10.2 Å². The van der Waals surface area contributed by atoms with Gasteiger partial charge in [-0.25, -0.2) is 0 Å². The molecule has 1 aromatic carbocycles. The Morgan fingerprint density at radius 1 is 1.29 bits per heavy atom. The van der Waals surface area contributed by atoms with E-state index < -0.39 is 0 Å². The lowest BCUT2D eigenvalue weighted by Crippen LogP contribution is -2.41. The zero-order valence-corrected chi connectivity index (χ0v) is 9.50. The Bertz CT molecular complexity index is 420. The van der Waals surface area contributed by atoms with Gasteiger partial charge in [-0.2, -0.15) is 0 Å². The maximum atomic E-state index is 10.6. The molecule has 2 heterocycles. The predicted molar refractivity (Wildman–Crippen MR) is 65.2 cm³/mol. The van der Waals surface area contributed by atoms with Crippen molar-refractivity contribution < 1.29 is 4.92 Å². The van der Waals surface area contributed by atoms with Gasteiger partial charge in [0, 0.05) is 43.5 Å². The van der Waals surface area contributed by atoms with Gasteiger partial charge in [0.2, 0.25) is 0 Å². The number of nitro groups is 1. The van der Waals surface area contributed by atoms with Crippen LogP contribution in [0.3, 0.4) is 0 Å². The summed E-state index contributed by atoms with van der Waals surface area (Å²) in [5.74, 6) is 0.726.